The first-order valence-electron chi connectivity index (χ1n) is 23.2. The van der Waals surface area contributed by atoms with Crippen LogP contribution in [0.25, 0.3) is 17.0 Å². The van der Waals surface area contributed by atoms with Gasteiger partial charge in [0, 0.05) is 30.9 Å². The van der Waals surface area contributed by atoms with Crippen molar-refractivity contribution in [2.45, 2.75) is 109 Å². The molecule has 8 rings (SSSR count). The van der Waals surface area contributed by atoms with Crippen molar-refractivity contribution in [3.63, 3.8) is 0 Å². The van der Waals surface area contributed by atoms with Gasteiger partial charge in [0.1, 0.15) is 23.7 Å². The Morgan fingerprint density at radius 3 is 1.73 bits per heavy atom. The highest BCUT2D eigenvalue weighted by Crippen LogP contribution is 2.47. The number of hydrogen-bond acceptors (Lipinski definition) is 9. The third-order valence-electron chi connectivity index (χ3n) is 13.6. The Hall–Kier alpha value is -6.51. The van der Waals surface area contributed by atoms with Gasteiger partial charge in [-0.15, -0.1) is 0 Å². The van der Waals surface area contributed by atoms with Crippen molar-refractivity contribution in [2.75, 3.05) is 32.2 Å². The van der Waals surface area contributed by atoms with Gasteiger partial charge >= 0.3 is 12.2 Å². The van der Waals surface area contributed by atoms with E-state index in [1.54, 1.807) is 0 Å². The molecule has 0 unspecified atom stereocenters. The van der Waals surface area contributed by atoms with Gasteiger partial charge in [-0.1, -0.05) is 82.3 Å². The number of hydrogen-bond donors (Lipinski definition) is 3. The lowest BCUT2D eigenvalue weighted by Crippen LogP contribution is -2.53. The molecule has 0 spiro atoms. The Balaban J connectivity index is 0.968. The number of anilines is 1. The molecule has 0 bridgehead atoms. The number of benzene rings is 3. The Morgan fingerprint density at radius 1 is 0.682 bits per heavy atom. The molecule has 348 valence electrons. The summed E-state index contributed by atoms with van der Waals surface area (Å²) in [6.45, 7) is 8.82. The zero-order valence-electron chi connectivity index (χ0n) is 38.6. The Labute approximate surface area is 386 Å². The van der Waals surface area contributed by atoms with Crippen molar-refractivity contribution in [3.8, 4) is 11.3 Å². The van der Waals surface area contributed by atoms with Crippen LogP contribution in [0.1, 0.15) is 113 Å². The third kappa shape index (κ3) is 9.57. The van der Waals surface area contributed by atoms with Crippen molar-refractivity contribution in [3.05, 3.63) is 113 Å². The number of aromatic nitrogens is 2. The largest absolute Gasteiger partial charge is 0.453 e. The Morgan fingerprint density at radius 2 is 1.20 bits per heavy atom. The predicted octanol–water partition coefficient (Wildman–Crippen LogP) is 8.90. The molecule has 4 aliphatic heterocycles. The number of likely N-dealkylation sites (tertiary alicyclic amines) is 2. The fourth-order valence-electron chi connectivity index (χ4n) is 10.1. The fraction of sp³-hybridized carbons (Fsp3) is 0.451. The molecule has 6 atom stereocenters. The molecule has 1 aromatic heterocycles. The summed E-state index contributed by atoms with van der Waals surface area (Å²) in [6, 6.07) is 22.1. The van der Waals surface area contributed by atoms with E-state index < -0.39 is 24.3 Å². The van der Waals surface area contributed by atoms with Crippen LogP contribution in [-0.2, 0) is 19.1 Å². The molecule has 3 aromatic carbocycles. The number of nitrogens with one attached hydrogen (secondary N) is 3. The summed E-state index contributed by atoms with van der Waals surface area (Å²) in [5, 5.41) is 5.43. The molecule has 3 fully saturated rings. The zero-order chi connectivity index (χ0) is 46.6. The molecule has 14 nitrogen and oxygen atoms in total. The molecule has 0 aliphatic carbocycles. The van der Waals surface area contributed by atoms with E-state index in [9.17, 15) is 23.6 Å². The lowest BCUT2D eigenvalue weighted by atomic mass is 10.0. The van der Waals surface area contributed by atoms with E-state index >= 15 is 0 Å². The molecule has 3 N–H and O–H groups in total. The SMILES string of the molecule is COC(=O)N[C@H](C(=O)N1CCC[C@H]1C1=NC(c2ccc([C@H]3CC[C@H](c4ccc(-c5cnc([C@@H]6CCCN6C(=O)[C@@H](NC(=O)OC)C(C)C)[nH]5)cc4)N3c3ccc(F)cc3)cc2)=CC1)C(C)C. The van der Waals surface area contributed by atoms with Gasteiger partial charge in [0.15, 0.2) is 0 Å². The van der Waals surface area contributed by atoms with Gasteiger partial charge in [-0.05, 0) is 96.9 Å². The van der Waals surface area contributed by atoms with Crippen LogP contribution in [0.3, 0.4) is 0 Å². The van der Waals surface area contributed by atoms with Crippen molar-refractivity contribution in [2.24, 2.45) is 16.8 Å². The first-order chi connectivity index (χ1) is 31.8. The first-order valence-corrected chi connectivity index (χ1v) is 23.2. The van der Waals surface area contributed by atoms with Gasteiger partial charge in [0.25, 0.3) is 0 Å². The number of H-pyrrole nitrogens is 1. The minimum Gasteiger partial charge on any atom is -0.453 e. The number of nitrogens with zero attached hydrogens (tertiary/aromatic N) is 5. The molecular weight excluding hydrogens is 840 g/mol. The number of methoxy groups -OCH3 is 2. The molecule has 15 heteroatoms. The van der Waals surface area contributed by atoms with Crippen LogP contribution in [0, 0.1) is 17.7 Å². The number of imidazole rings is 1. The second kappa shape index (κ2) is 19.9. The second-order valence-electron chi connectivity index (χ2n) is 18.4. The number of aromatic amines is 1. The summed E-state index contributed by atoms with van der Waals surface area (Å²) in [5.41, 5.74) is 7.89. The average Bonchev–Trinajstić information content (AvgIpc) is 4.19. The molecule has 4 aliphatic rings. The summed E-state index contributed by atoms with van der Waals surface area (Å²) >= 11 is 0. The molecule has 4 aromatic rings. The highest BCUT2D eigenvalue weighted by molar-refractivity contribution is 6.02. The maximum Gasteiger partial charge on any atom is 0.407 e. The molecule has 3 saturated heterocycles. The molecule has 5 heterocycles. The van der Waals surface area contributed by atoms with Gasteiger partial charge in [-0.25, -0.2) is 19.0 Å². The van der Waals surface area contributed by atoms with Crippen LogP contribution in [0.4, 0.5) is 19.7 Å². The number of halogens is 1. The highest BCUT2D eigenvalue weighted by atomic mass is 19.1. The first kappa shape index (κ1) is 46.0. The van der Waals surface area contributed by atoms with E-state index in [4.69, 9.17) is 19.5 Å². The average molecular weight is 901 g/mol. The van der Waals surface area contributed by atoms with Crippen LogP contribution in [-0.4, -0.2) is 94.9 Å². The second-order valence-corrected chi connectivity index (χ2v) is 18.4. The van der Waals surface area contributed by atoms with Crippen molar-refractivity contribution >= 4 is 41.1 Å². The van der Waals surface area contributed by atoms with Gasteiger partial charge in [-0.3, -0.25) is 14.6 Å². The minimum absolute atomic E-state index is 0.0388. The maximum absolute atomic E-state index is 14.3. The minimum atomic E-state index is -0.708. The Kier molecular flexibility index (Phi) is 13.9. The van der Waals surface area contributed by atoms with Crippen molar-refractivity contribution in [1.29, 1.82) is 0 Å². The van der Waals surface area contributed by atoms with E-state index in [2.05, 4.69) is 75.1 Å². The number of rotatable bonds is 13. The van der Waals surface area contributed by atoms with Gasteiger partial charge in [-0.2, -0.15) is 0 Å². The lowest BCUT2D eigenvalue weighted by molar-refractivity contribution is -0.135. The van der Waals surface area contributed by atoms with Gasteiger partial charge in [0.2, 0.25) is 11.8 Å². The smallest absolute Gasteiger partial charge is 0.407 e. The summed E-state index contributed by atoms with van der Waals surface area (Å²) < 4.78 is 23.9. The van der Waals surface area contributed by atoms with E-state index in [-0.39, 0.29) is 53.6 Å². The predicted molar refractivity (Wildman–Crippen MR) is 251 cm³/mol. The number of aliphatic imine (C=N–C) groups is 1. The quantitative estimate of drug-likeness (QED) is 0.120. The molecule has 0 saturated carbocycles. The Bertz CT molecular complexity index is 2450. The fourth-order valence-corrected chi connectivity index (χ4v) is 10.1. The van der Waals surface area contributed by atoms with Crippen LogP contribution in [0.5, 0.6) is 0 Å². The summed E-state index contributed by atoms with van der Waals surface area (Å²) in [4.78, 5) is 70.9. The lowest BCUT2D eigenvalue weighted by Gasteiger charge is -2.33. The standard InChI is InChI=1S/C51H61FN8O6/c1-30(2)45(56-50(63)65-5)48(61)58-27-7-9-43(58)39-24-23-38(54-39)32-11-15-34(16-12-32)41-25-26-42(60(41)37-21-19-36(52)20-22-37)35-17-13-33(14-18-35)40-29-53-47(55-40)44-10-8-28-59(44)49(62)46(31(3)4)57-51(64)66-6/h11-23,29-31,41-46H,7-10,24-28H2,1-6H3,(H,53,55)(H,56,63)(H,57,64)/t41-,42-,43+,44+,45+,46+/m1/s1. The molecule has 4 amide bonds. The number of carbonyl (C=O) groups is 4. The number of alkyl carbamates (subject to hydrolysis) is 2. The summed E-state index contributed by atoms with van der Waals surface area (Å²) in [6.07, 6.45) is 8.42. The molecular formula is C51H61FN8O6. The van der Waals surface area contributed by atoms with Crippen molar-refractivity contribution in [1.82, 2.24) is 30.4 Å². The maximum atomic E-state index is 14.3. The van der Waals surface area contributed by atoms with E-state index in [1.807, 2.05) is 55.8 Å². The summed E-state index contributed by atoms with van der Waals surface area (Å²) in [7, 11) is 2.59. The van der Waals surface area contributed by atoms with Crippen LogP contribution >= 0.6 is 0 Å². The van der Waals surface area contributed by atoms with E-state index in [1.165, 1.54) is 26.4 Å². The number of ether oxygens (including phenoxy) is 2. The van der Waals surface area contributed by atoms with E-state index in [0.717, 1.165) is 83.6 Å². The molecule has 0 radical (unpaired) electrons. The van der Waals surface area contributed by atoms with Gasteiger partial charge in [0.05, 0.1) is 56.0 Å². The van der Waals surface area contributed by atoms with Crippen LogP contribution in [0.2, 0.25) is 0 Å². The number of allylic oxidation sites excluding steroid dienone is 1. The number of amides is 4. The third-order valence-corrected chi connectivity index (χ3v) is 13.6. The van der Waals surface area contributed by atoms with Crippen LogP contribution < -0.4 is 15.5 Å². The van der Waals surface area contributed by atoms with Crippen molar-refractivity contribution < 1.29 is 33.0 Å². The zero-order valence-corrected chi connectivity index (χ0v) is 38.6. The van der Waals surface area contributed by atoms with Crippen LogP contribution in [0.15, 0.2) is 90.1 Å². The summed E-state index contributed by atoms with van der Waals surface area (Å²) in [5.74, 6) is -0.0653. The monoisotopic (exact) mass is 900 g/mol. The molecule has 66 heavy (non-hydrogen) atoms. The highest BCUT2D eigenvalue weighted by Gasteiger charge is 2.40. The topological polar surface area (TPSA) is 162 Å². The van der Waals surface area contributed by atoms with Gasteiger partial charge < -0.3 is 39.8 Å². The van der Waals surface area contributed by atoms with E-state index in [0.29, 0.717) is 25.3 Å². The normalized spacial score (nSPS) is 21.5. The number of carbonyl (C=O) groups excluding carboxylic acids is 4.